The zero-order valence-electron chi connectivity index (χ0n) is 17.5. The van der Waals surface area contributed by atoms with Crippen molar-refractivity contribution in [1.29, 1.82) is 0 Å². The van der Waals surface area contributed by atoms with Crippen LogP contribution in [0.3, 0.4) is 0 Å². The monoisotopic (exact) mass is 395 g/mol. The minimum atomic E-state index is 0.290. The first-order valence-electron chi connectivity index (χ1n) is 11.0. The molecule has 6 heteroatoms. The highest BCUT2D eigenvalue weighted by Gasteiger charge is 2.24. The summed E-state index contributed by atoms with van der Waals surface area (Å²) in [5, 5.41) is 0. The molecule has 4 rings (SSSR count). The second-order valence-electron chi connectivity index (χ2n) is 8.08. The molecule has 1 aromatic carbocycles. The van der Waals surface area contributed by atoms with Gasteiger partial charge in [-0.15, -0.1) is 0 Å². The third-order valence-electron chi connectivity index (χ3n) is 5.91. The molecule has 3 heterocycles. The van der Waals surface area contributed by atoms with E-state index in [2.05, 4.69) is 68.0 Å². The van der Waals surface area contributed by atoms with Crippen LogP contribution in [0.4, 0.5) is 5.82 Å². The Balaban J connectivity index is 1.27. The molecule has 1 unspecified atom stereocenters. The van der Waals surface area contributed by atoms with Crippen molar-refractivity contribution >= 4 is 5.82 Å². The highest BCUT2D eigenvalue weighted by molar-refractivity contribution is 5.39. The lowest BCUT2D eigenvalue weighted by atomic mass is 10.2. The van der Waals surface area contributed by atoms with Crippen molar-refractivity contribution in [2.24, 2.45) is 0 Å². The van der Waals surface area contributed by atoms with Crippen molar-refractivity contribution in [2.45, 2.75) is 32.4 Å². The van der Waals surface area contributed by atoms with Gasteiger partial charge in [0.1, 0.15) is 12.1 Å². The van der Waals surface area contributed by atoms with Gasteiger partial charge in [-0.3, -0.25) is 9.80 Å². The van der Waals surface area contributed by atoms with Crippen LogP contribution in [-0.4, -0.2) is 78.3 Å². The second-order valence-corrected chi connectivity index (χ2v) is 8.08. The molecule has 2 aliphatic rings. The number of hydrogen-bond donors (Lipinski definition) is 0. The van der Waals surface area contributed by atoms with Crippen LogP contribution in [0.5, 0.6) is 0 Å². The Labute approximate surface area is 174 Å². The summed E-state index contributed by atoms with van der Waals surface area (Å²) < 4.78 is 6.20. The van der Waals surface area contributed by atoms with Gasteiger partial charge in [0.2, 0.25) is 0 Å². The molecular weight excluding hydrogens is 362 g/mol. The smallest absolute Gasteiger partial charge is 0.132 e. The fourth-order valence-corrected chi connectivity index (χ4v) is 4.27. The summed E-state index contributed by atoms with van der Waals surface area (Å²) in [7, 11) is 0. The standard InChI is InChI=1S/C23H33N5O/c1-2-21-15-23(25-19-24-21)28-12-10-26(11-13-28)17-22-18-27(9-6-14-29-22)16-20-7-4-3-5-8-20/h3-5,7-8,15,19,22H,2,6,9-14,16-18H2,1H3. The van der Waals surface area contributed by atoms with E-state index in [9.17, 15) is 0 Å². The van der Waals surface area contributed by atoms with E-state index >= 15 is 0 Å². The van der Waals surface area contributed by atoms with Gasteiger partial charge in [-0.05, 0) is 18.4 Å². The lowest BCUT2D eigenvalue weighted by Gasteiger charge is -2.37. The summed E-state index contributed by atoms with van der Waals surface area (Å²) in [6, 6.07) is 12.9. The Hall–Kier alpha value is -2.02. The summed E-state index contributed by atoms with van der Waals surface area (Å²) in [5.74, 6) is 1.07. The molecule has 2 fully saturated rings. The van der Waals surface area contributed by atoms with Gasteiger partial charge in [0.05, 0.1) is 6.10 Å². The number of ether oxygens (including phenoxy) is 1. The van der Waals surface area contributed by atoms with Gasteiger partial charge >= 0.3 is 0 Å². The van der Waals surface area contributed by atoms with Crippen molar-refractivity contribution in [3.05, 3.63) is 54.0 Å². The first-order valence-corrected chi connectivity index (χ1v) is 11.0. The maximum atomic E-state index is 6.20. The van der Waals surface area contributed by atoms with E-state index in [0.29, 0.717) is 6.10 Å². The second kappa shape index (κ2) is 10.1. The van der Waals surface area contributed by atoms with Crippen molar-refractivity contribution in [1.82, 2.24) is 19.8 Å². The Morgan fingerprint density at radius 2 is 1.83 bits per heavy atom. The number of aryl methyl sites for hydroxylation is 1. The molecule has 0 spiro atoms. The van der Waals surface area contributed by atoms with Gasteiger partial charge in [0.25, 0.3) is 0 Å². The Morgan fingerprint density at radius 3 is 2.62 bits per heavy atom. The number of piperazine rings is 1. The van der Waals surface area contributed by atoms with Crippen LogP contribution in [0.15, 0.2) is 42.7 Å². The number of anilines is 1. The lowest BCUT2D eigenvalue weighted by molar-refractivity contribution is 0.0245. The van der Waals surface area contributed by atoms with E-state index in [1.54, 1.807) is 6.33 Å². The van der Waals surface area contributed by atoms with E-state index in [1.165, 1.54) is 5.56 Å². The molecule has 156 valence electrons. The topological polar surface area (TPSA) is 44.7 Å². The number of hydrogen-bond acceptors (Lipinski definition) is 6. The molecule has 2 aromatic rings. The Morgan fingerprint density at radius 1 is 1.00 bits per heavy atom. The minimum absolute atomic E-state index is 0.290. The first kappa shape index (κ1) is 20.3. The van der Waals surface area contributed by atoms with Gasteiger partial charge in [0, 0.05) is 70.7 Å². The molecule has 0 N–H and O–H groups in total. The third-order valence-corrected chi connectivity index (χ3v) is 5.91. The average Bonchev–Trinajstić information content (AvgIpc) is 3.00. The van der Waals surface area contributed by atoms with E-state index in [4.69, 9.17) is 4.74 Å². The number of nitrogens with zero attached hydrogens (tertiary/aromatic N) is 5. The van der Waals surface area contributed by atoms with E-state index in [1.807, 2.05) is 0 Å². The minimum Gasteiger partial charge on any atom is -0.376 e. The predicted molar refractivity (Wildman–Crippen MR) is 116 cm³/mol. The molecule has 2 saturated heterocycles. The molecule has 0 radical (unpaired) electrons. The molecule has 2 aliphatic heterocycles. The van der Waals surface area contributed by atoms with Gasteiger partial charge in [-0.1, -0.05) is 37.3 Å². The van der Waals surface area contributed by atoms with Crippen molar-refractivity contribution < 1.29 is 4.74 Å². The normalized spacial score (nSPS) is 21.8. The predicted octanol–water partition coefficient (Wildman–Crippen LogP) is 2.45. The van der Waals surface area contributed by atoms with Gasteiger partial charge in [-0.25, -0.2) is 9.97 Å². The van der Waals surface area contributed by atoms with Gasteiger partial charge in [0.15, 0.2) is 0 Å². The van der Waals surface area contributed by atoms with E-state index < -0.39 is 0 Å². The summed E-state index contributed by atoms with van der Waals surface area (Å²) in [5.41, 5.74) is 2.50. The van der Waals surface area contributed by atoms with Crippen molar-refractivity contribution in [3.63, 3.8) is 0 Å². The SMILES string of the molecule is CCc1cc(N2CCN(CC3CN(Cc4ccccc4)CCCO3)CC2)ncn1. The van der Waals surface area contributed by atoms with Gasteiger partial charge < -0.3 is 9.64 Å². The maximum Gasteiger partial charge on any atom is 0.132 e. The highest BCUT2D eigenvalue weighted by atomic mass is 16.5. The summed E-state index contributed by atoms with van der Waals surface area (Å²) >= 11 is 0. The number of rotatable bonds is 6. The lowest BCUT2D eigenvalue weighted by Crippen LogP contribution is -2.50. The maximum absolute atomic E-state index is 6.20. The van der Waals surface area contributed by atoms with Crippen LogP contribution in [0.25, 0.3) is 0 Å². The summed E-state index contributed by atoms with van der Waals surface area (Å²) in [4.78, 5) is 16.3. The quantitative estimate of drug-likeness (QED) is 0.749. The molecule has 0 aliphatic carbocycles. The van der Waals surface area contributed by atoms with Crippen LogP contribution in [0, 0.1) is 0 Å². The molecular formula is C23H33N5O. The summed E-state index contributed by atoms with van der Waals surface area (Å²) in [6.45, 7) is 11.3. The van der Waals surface area contributed by atoms with Crippen LogP contribution >= 0.6 is 0 Å². The van der Waals surface area contributed by atoms with E-state index in [-0.39, 0.29) is 0 Å². The van der Waals surface area contributed by atoms with E-state index in [0.717, 1.165) is 83.3 Å². The zero-order valence-corrected chi connectivity index (χ0v) is 17.5. The van der Waals surface area contributed by atoms with Crippen LogP contribution < -0.4 is 4.90 Å². The third kappa shape index (κ3) is 5.75. The molecule has 0 saturated carbocycles. The molecule has 0 amide bonds. The number of benzene rings is 1. The Bertz CT molecular complexity index is 748. The largest absolute Gasteiger partial charge is 0.376 e. The van der Waals surface area contributed by atoms with Crippen LogP contribution in [0.1, 0.15) is 24.6 Å². The number of aromatic nitrogens is 2. The zero-order chi connectivity index (χ0) is 19.9. The Kier molecular flexibility index (Phi) is 7.09. The fraction of sp³-hybridized carbons (Fsp3) is 0.565. The van der Waals surface area contributed by atoms with Crippen LogP contribution in [0.2, 0.25) is 0 Å². The molecule has 6 nitrogen and oxygen atoms in total. The summed E-state index contributed by atoms with van der Waals surface area (Å²) in [6.07, 6.45) is 4.05. The molecule has 0 bridgehead atoms. The molecule has 1 aromatic heterocycles. The highest BCUT2D eigenvalue weighted by Crippen LogP contribution is 2.16. The van der Waals surface area contributed by atoms with Crippen molar-refractivity contribution in [2.75, 3.05) is 57.3 Å². The van der Waals surface area contributed by atoms with Crippen LogP contribution in [-0.2, 0) is 17.7 Å². The van der Waals surface area contributed by atoms with Gasteiger partial charge in [-0.2, -0.15) is 0 Å². The molecule has 1 atom stereocenters. The molecule has 29 heavy (non-hydrogen) atoms. The first-order chi connectivity index (χ1) is 14.3. The fourth-order valence-electron chi connectivity index (χ4n) is 4.27. The van der Waals surface area contributed by atoms with Crippen molar-refractivity contribution in [3.8, 4) is 0 Å². The average molecular weight is 396 g/mol.